The number of hydrogen-bond donors (Lipinski definition) is 1. The molecule has 1 amide bonds. The lowest BCUT2D eigenvalue weighted by Crippen LogP contribution is -2.25. The van der Waals surface area contributed by atoms with Crippen LogP contribution >= 0.6 is 23.2 Å². The monoisotopic (exact) mass is 436 g/mol. The van der Waals surface area contributed by atoms with Gasteiger partial charge in [-0.3, -0.25) is 4.79 Å². The van der Waals surface area contributed by atoms with Crippen LogP contribution in [0.1, 0.15) is 15.9 Å². The largest absolute Gasteiger partial charge is 0.619 e. The quantitative estimate of drug-likeness (QED) is 0.399. The molecule has 1 N–H and O–H groups in total. The average molecular weight is 437 g/mol. The molecule has 0 aliphatic rings. The molecule has 5 nitrogen and oxygen atoms in total. The topological polar surface area (TPSA) is 65.3 Å². The van der Waals surface area contributed by atoms with Crippen LogP contribution in [0, 0.1) is 5.21 Å². The van der Waals surface area contributed by atoms with Crippen molar-refractivity contribution < 1.29 is 23.0 Å². The van der Waals surface area contributed by atoms with Crippen molar-refractivity contribution in [1.82, 2.24) is 0 Å². The van der Waals surface area contributed by atoms with Crippen molar-refractivity contribution >= 4 is 40.9 Å². The summed E-state index contributed by atoms with van der Waals surface area (Å²) in [4.78, 5) is 12.7. The van der Waals surface area contributed by atoms with Crippen LogP contribution < -0.4 is 14.8 Å². The number of rotatable bonds is 5. The molecule has 0 aliphatic heterocycles. The predicted octanol–water partition coefficient (Wildman–Crippen LogP) is 5.91. The third-order valence-corrected chi connectivity index (χ3v) is 4.41. The predicted molar refractivity (Wildman–Crippen MR) is 107 cm³/mol. The maximum atomic E-state index is 12.7. The SMILES string of the molecule is O=C(Nc1ccc[n+]([O-])c1)c1cc(Cl)c(Cl)cc1Oc1ccc(C=C(F)F)cc1. The van der Waals surface area contributed by atoms with Gasteiger partial charge in [0.05, 0.1) is 15.6 Å². The smallest absolute Gasteiger partial charge is 0.270 e. The van der Waals surface area contributed by atoms with Gasteiger partial charge in [-0.25, -0.2) is 0 Å². The van der Waals surface area contributed by atoms with E-state index >= 15 is 0 Å². The number of carbonyl (C=O) groups is 1. The van der Waals surface area contributed by atoms with E-state index in [1.165, 1.54) is 54.9 Å². The van der Waals surface area contributed by atoms with Crippen molar-refractivity contribution in [3.8, 4) is 11.5 Å². The number of anilines is 1. The number of amides is 1. The van der Waals surface area contributed by atoms with E-state index in [1.807, 2.05) is 0 Å². The fourth-order valence-corrected chi connectivity index (χ4v) is 2.72. The minimum Gasteiger partial charge on any atom is -0.619 e. The first kappa shape index (κ1) is 20.6. The van der Waals surface area contributed by atoms with Crippen LogP contribution in [0.3, 0.4) is 0 Å². The van der Waals surface area contributed by atoms with Crippen LogP contribution in [0.5, 0.6) is 11.5 Å². The summed E-state index contributed by atoms with van der Waals surface area (Å²) in [6.07, 6.45) is 1.36. The fourth-order valence-electron chi connectivity index (χ4n) is 2.40. The molecule has 0 bridgehead atoms. The molecule has 0 radical (unpaired) electrons. The lowest BCUT2D eigenvalue weighted by molar-refractivity contribution is -0.604. The average Bonchev–Trinajstić information content (AvgIpc) is 2.65. The van der Waals surface area contributed by atoms with Gasteiger partial charge in [0.1, 0.15) is 17.2 Å². The lowest BCUT2D eigenvalue weighted by Gasteiger charge is -2.13. The van der Waals surface area contributed by atoms with Crippen LogP contribution in [0.25, 0.3) is 6.08 Å². The molecular formula is C20H12Cl2F2N2O3. The Morgan fingerprint density at radius 2 is 1.79 bits per heavy atom. The molecule has 148 valence electrons. The van der Waals surface area contributed by atoms with Gasteiger partial charge in [-0.1, -0.05) is 35.3 Å². The Bertz CT molecular complexity index is 1090. The zero-order chi connectivity index (χ0) is 21.0. The van der Waals surface area contributed by atoms with E-state index in [9.17, 15) is 18.8 Å². The molecule has 0 saturated heterocycles. The minimum absolute atomic E-state index is 0.0690. The number of hydrogen-bond acceptors (Lipinski definition) is 3. The van der Waals surface area contributed by atoms with Gasteiger partial charge in [-0.05, 0) is 29.8 Å². The number of pyridine rings is 1. The van der Waals surface area contributed by atoms with Gasteiger partial charge in [-0.15, -0.1) is 0 Å². The number of carbonyl (C=O) groups excluding carboxylic acids is 1. The molecule has 2 aromatic carbocycles. The zero-order valence-electron chi connectivity index (χ0n) is 14.5. The highest BCUT2D eigenvalue weighted by molar-refractivity contribution is 6.42. The maximum absolute atomic E-state index is 12.7. The Kier molecular flexibility index (Phi) is 6.31. The van der Waals surface area contributed by atoms with Crippen LogP contribution in [-0.2, 0) is 0 Å². The summed E-state index contributed by atoms with van der Waals surface area (Å²) in [6.45, 7) is 0. The third-order valence-electron chi connectivity index (χ3n) is 3.68. The molecule has 0 spiro atoms. The molecule has 1 aromatic heterocycles. The molecule has 0 aliphatic carbocycles. The maximum Gasteiger partial charge on any atom is 0.270 e. The Balaban J connectivity index is 1.89. The number of nitrogens with one attached hydrogen (secondary N) is 1. The molecule has 0 fully saturated rings. The van der Waals surface area contributed by atoms with Gasteiger partial charge in [0.2, 0.25) is 6.20 Å². The van der Waals surface area contributed by atoms with Gasteiger partial charge >= 0.3 is 0 Å². The number of aromatic nitrogens is 1. The van der Waals surface area contributed by atoms with Gasteiger partial charge in [0.25, 0.3) is 12.0 Å². The highest BCUT2D eigenvalue weighted by atomic mass is 35.5. The normalized spacial score (nSPS) is 10.3. The van der Waals surface area contributed by atoms with Gasteiger partial charge in [0, 0.05) is 18.2 Å². The molecule has 3 aromatic rings. The van der Waals surface area contributed by atoms with Crippen molar-refractivity contribution in [1.29, 1.82) is 0 Å². The van der Waals surface area contributed by atoms with Crippen LogP contribution in [-0.4, -0.2) is 5.91 Å². The molecular weight excluding hydrogens is 425 g/mol. The lowest BCUT2D eigenvalue weighted by atomic mass is 10.1. The first-order valence-corrected chi connectivity index (χ1v) is 8.87. The van der Waals surface area contributed by atoms with Crippen molar-refractivity contribution in [2.75, 3.05) is 5.32 Å². The van der Waals surface area contributed by atoms with Crippen molar-refractivity contribution in [3.63, 3.8) is 0 Å². The minimum atomic E-state index is -1.82. The van der Waals surface area contributed by atoms with E-state index in [-0.39, 0.29) is 27.0 Å². The molecule has 29 heavy (non-hydrogen) atoms. The van der Waals surface area contributed by atoms with E-state index in [0.29, 0.717) is 22.1 Å². The van der Waals surface area contributed by atoms with Crippen molar-refractivity contribution in [3.05, 3.63) is 93.4 Å². The van der Waals surface area contributed by atoms with Gasteiger partial charge < -0.3 is 15.3 Å². The van der Waals surface area contributed by atoms with Crippen LogP contribution in [0.4, 0.5) is 14.5 Å². The molecule has 0 atom stereocenters. The van der Waals surface area contributed by atoms with Gasteiger partial charge in [0.15, 0.2) is 6.20 Å². The Labute approximate surface area is 174 Å². The van der Waals surface area contributed by atoms with Crippen molar-refractivity contribution in [2.24, 2.45) is 0 Å². The van der Waals surface area contributed by atoms with E-state index in [2.05, 4.69) is 5.32 Å². The third kappa shape index (κ3) is 5.43. The highest BCUT2D eigenvalue weighted by Crippen LogP contribution is 2.34. The second-order valence-corrected chi connectivity index (χ2v) is 6.59. The molecule has 9 heteroatoms. The summed E-state index contributed by atoms with van der Waals surface area (Å²) in [7, 11) is 0. The van der Waals surface area contributed by atoms with E-state index in [4.69, 9.17) is 27.9 Å². The Morgan fingerprint density at radius 1 is 1.10 bits per heavy atom. The fraction of sp³-hybridized carbons (Fsp3) is 0. The second kappa shape index (κ2) is 8.89. The van der Waals surface area contributed by atoms with E-state index in [0.717, 1.165) is 0 Å². The summed E-state index contributed by atoms with van der Waals surface area (Å²) >= 11 is 12.1. The standard InChI is InChI=1S/C20H12Cl2F2N2O3/c21-16-9-15(20(27)25-13-2-1-7-26(28)11-13)18(10-17(16)22)29-14-5-3-12(4-6-14)8-19(23)24/h1-11H,(H,25,27). The summed E-state index contributed by atoms with van der Waals surface area (Å²) in [6, 6.07) is 11.5. The molecule has 0 unspecified atom stereocenters. The highest BCUT2D eigenvalue weighted by Gasteiger charge is 2.17. The molecule has 1 heterocycles. The summed E-state index contributed by atoms with van der Waals surface area (Å²) in [5.74, 6) is -0.183. The van der Waals surface area contributed by atoms with E-state index < -0.39 is 12.0 Å². The van der Waals surface area contributed by atoms with Crippen LogP contribution in [0.2, 0.25) is 10.0 Å². The summed E-state index contributed by atoms with van der Waals surface area (Å²) in [5.41, 5.74) is 0.632. The molecule has 3 rings (SSSR count). The Morgan fingerprint density at radius 3 is 2.45 bits per heavy atom. The number of benzene rings is 2. The molecule has 0 saturated carbocycles. The first-order chi connectivity index (χ1) is 13.8. The van der Waals surface area contributed by atoms with Gasteiger partial charge in [-0.2, -0.15) is 13.5 Å². The zero-order valence-corrected chi connectivity index (χ0v) is 16.0. The number of halogens is 4. The van der Waals surface area contributed by atoms with Crippen molar-refractivity contribution in [2.45, 2.75) is 0 Å². The van der Waals surface area contributed by atoms with Crippen LogP contribution in [0.15, 0.2) is 67.0 Å². The summed E-state index contributed by atoms with van der Waals surface area (Å²) in [5, 5.41) is 14.2. The van der Waals surface area contributed by atoms with E-state index in [1.54, 1.807) is 6.07 Å². The second-order valence-electron chi connectivity index (χ2n) is 5.77. The Hall–Kier alpha value is -3.16. The first-order valence-electron chi connectivity index (χ1n) is 8.11. The number of ether oxygens (including phenoxy) is 1. The summed E-state index contributed by atoms with van der Waals surface area (Å²) < 4.78 is 30.9. The number of nitrogens with zero attached hydrogens (tertiary/aromatic N) is 1.